The van der Waals surface area contributed by atoms with E-state index in [0.29, 0.717) is 6.61 Å². The Morgan fingerprint density at radius 2 is 2.00 bits per heavy atom. The van der Waals surface area contributed by atoms with Crippen molar-refractivity contribution in [2.75, 3.05) is 6.61 Å². The zero-order valence-electron chi connectivity index (χ0n) is 8.39. The molecule has 0 spiro atoms. The molecule has 0 saturated carbocycles. The summed E-state index contributed by atoms with van der Waals surface area (Å²) in [5.74, 6) is 0. The van der Waals surface area contributed by atoms with Crippen LogP contribution in [0, 0.1) is 0 Å². The van der Waals surface area contributed by atoms with Crippen molar-refractivity contribution in [1.29, 1.82) is 0 Å². The van der Waals surface area contributed by atoms with Crippen LogP contribution in [0.3, 0.4) is 0 Å². The van der Waals surface area contributed by atoms with E-state index in [1.165, 1.54) is 0 Å². The molecule has 1 unspecified atom stereocenters. The summed E-state index contributed by atoms with van der Waals surface area (Å²) in [5, 5.41) is 12.8. The van der Waals surface area contributed by atoms with Gasteiger partial charge in [0.05, 0.1) is 12.1 Å². The van der Waals surface area contributed by atoms with Crippen LogP contribution in [-0.4, -0.2) is 22.9 Å². The first kappa shape index (κ1) is 9.96. The summed E-state index contributed by atoms with van der Waals surface area (Å²) in [6.07, 6.45) is 1.78. The molecule has 12 heavy (non-hydrogen) atoms. The Balaban J connectivity index is 2.71. The molecule has 1 aliphatic rings. The van der Waals surface area contributed by atoms with E-state index in [2.05, 4.69) is 6.92 Å². The second-order valence-corrected chi connectivity index (χ2v) is 4.32. The fourth-order valence-electron chi connectivity index (χ4n) is 1.73. The van der Waals surface area contributed by atoms with Crippen LogP contribution in [0.5, 0.6) is 0 Å². The second-order valence-electron chi connectivity index (χ2n) is 4.32. The molecule has 1 saturated heterocycles. The Kier molecular flexibility index (Phi) is 2.47. The summed E-state index contributed by atoms with van der Waals surface area (Å²) in [6, 6.07) is 0. The molecule has 1 heterocycles. The van der Waals surface area contributed by atoms with Crippen molar-refractivity contribution in [3.63, 3.8) is 0 Å². The first-order chi connectivity index (χ1) is 5.42. The molecule has 3 nitrogen and oxygen atoms in total. The maximum absolute atomic E-state index is 11.7. The average Bonchev–Trinajstić information content (AvgIpc) is 2.17. The van der Waals surface area contributed by atoms with Gasteiger partial charge in [-0.1, -0.05) is 13.3 Å². The SMILES string of the molecule is CCCC1(C)OCC(C)(C)N1[O]. The Morgan fingerprint density at radius 3 is 2.33 bits per heavy atom. The highest BCUT2D eigenvalue weighted by Gasteiger charge is 2.49. The van der Waals surface area contributed by atoms with E-state index in [9.17, 15) is 5.21 Å². The molecule has 0 aromatic carbocycles. The van der Waals surface area contributed by atoms with E-state index in [0.717, 1.165) is 17.9 Å². The highest BCUT2D eigenvalue weighted by atomic mass is 16.6. The monoisotopic (exact) mass is 172 g/mol. The first-order valence-electron chi connectivity index (χ1n) is 4.54. The lowest BCUT2D eigenvalue weighted by atomic mass is 10.0. The van der Waals surface area contributed by atoms with Crippen molar-refractivity contribution in [2.45, 2.75) is 51.8 Å². The molecular formula is C9H18NO2. The van der Waals surface area contributed by atoms with Gasteiger partial charge in [-0.15, -0.1) is 10.3 Å². The minimum atomic E-state index is -0.585. The lowest BCUT2D eigenvalue weighted by molar-refractivity contribution is -0.286. The quantitative estimate of drug-likeness (QED) is 0.637. The van der Waals surface area contributed by atoms with Gasteiger partial charge >= 0.3 is 0 Å². The van der Waals surface area contributed by atoms with Crippen molar-refractivity contribution >= 4 is 0 Å². The Bertz CT molecular complexity index is 170. The third-order valence-corrected chi connectivity index (χ3v) is 2.43. The summed E-state index contributed by atoms with van der Waals surface area (Å²) < 4.78 is 5.52. The molecule has 3 heteroatoms. The van der Waals surface area contributed by atoms with Crippen molar-refractivity contribution in [1.82, 2.24) is 5.06 Å². The van der Waals surface area contributed by atoms with Crippen LogP contribution >= 0.6 is 0 Å². The topological polar surface area (TPSA) is 32.4 Å². The molecule has 0 aromatic rings. The molecule has 0 aromatic heterocycles. The molecule has 1 rings (SSSR count). The van der Waals surface area contributed by atoms with Gasteiger partial charge in [-0.3, -0.25) is 0 Å². The first-order valence-corrected chi connectivity index (χ1v) is 4.54. The van der Waals surface area contributed by atoms with Crippen LogP contribution in [0.1, 0.15) is 40.5 Å². The van der Waals surface area contributed by atoms with Crippen molar-refractivity contribution in [2.24, 2.45) is 0 Å². The third kappa shape index (κ3) is 1.49. The maximum atomic E-state index is 11.7. The molecule has 1 fully saturated rings. The smallest absolute Gasteiger partial charge is 0.144 e. The fourth-order valence-corrected chi connectivity index (χ4v) is 1.73. The molecule has 0 amide bonds. The predicted molar refractivity (Wildman–Crippen MR) is 45.9 cm³/mol. The highest BCUT2D eigenvalue weighted by molar-refractivity contribution is 4.90. The van der Waals surface area contributed by atoms with Gasteiger partial charge in [-0.05, 0) is 27.2 Å². The minimum Gasteiger partial charge on any atom is -0.356 e. The van der Waals surface area contributed by atoms with Gasteiger partial charge in [-0.25, -0.2) is 0 Å². The van der Waals surface area contributed by atoms with Gasteiger partial charge in [-0.2, -0.15) is 0 Å². The van der Waals surface area contributed by atoms with Gasteiger partial charge in [0.15, 0.2) is 0 Å². The summed E-state index contributed by atoms with van der Waals surface area (Å²) >= 11 is 0. The van der Waals surface area contributed by atoms with Crippen LogP contribution in [0.4, 0.5) is 0 Å². The lowest BCUT2D eigenvalue weighted by Crippen LogP contribution is -2.47. The molecule has 0 bridgehead atoms. The molecular weight excluding hydrogens is 154 g/mol. The number of nitrogens with zero attached hydrogens (tertiary/aromatic N) is 1. The largest absolute Gasteiger partial charge is 0.356 e. The zero-order chi connectivity index (χ0) is 9.41. The minimum absolute atomic E-state index is 0.357. The summed E-state index contributed by atoms with van der Waals surface area (Å²) in [5.41, 5.74) is -0.942. The predicted octanol–water partition coefficient (Wildman–Crippen LogP) is 1.96. The standard InChI is InChI=1S/C9H18NO2/c1-5-6-9(4)10(11)8(2,3)7-12-9/h5-7H2,1-4H3. The van der Waals surface area contributed by atoms with Crippen molar-refractivity contribution in [3.05, 3.63) is 0 Å². The van der Waals surface area contributed by atoms with Crippen LogP contribution in [0.2, 0.25) is 0 Å². The maximum Gasteiger partial charge on any atom is 0.144 e. The number of hydroxylamine groups is 2. The fraction of sp³-hybridized carbons (Fsp3) is 1.00. The van der Waals surface area contributed by atoms with E-state index in [4.69, 9.17) is 4.74 Å². The van der Waals surface area contributed by atoms with E-state index in [1.807, 2.05) is 20.8 Å². The van der Waals surface area contributed by atoms with Crippen molar-refractivity contribution < 1.29 is 9.94 Å². The summed E-state index contributed by atoms with van der Waals surface area (Å²) in [6.45, 7) is 8.31. The van der Waals surface area contributed by atoms with Gasteiger partial charge in [0.25, 0.3) is 0 Å². The van der Waals surface area contributed by atoms with Crippen LogP contribution in [-0.2, 0) is 9.94 Å². The molecule has 71 valence electrons. The lowest BCUT2D eigenvalue weighted by Gasteiger charge is -2.31. The van der Waals surface area contributed by atoms with Crippen molar-refractivity contribution in [3.8, 4) is 0 Å². The third-order valence-electron chi connectivity index (χ3n) is 2.43. The number of rotatable bonds is 2. The average molecular weight is 172 g/mol. The van der Waals surface area contributed by atoms with Crippen LogP contribution in [0.15, 0.2) is 0 Å². The molecule has 1 aliphatic heterocycles. The van der Waals surface area contributed by atoms with Gasteiger partial charge < -0.3 is 4.74 Å². The highest BCUT2D eigenvalue weighted by Crippen LogP contribution is 2.35. The summed E-state index contributed by atoms with van der Waals surface area (Å²) in [4.78, 5) is 0. The molecule has 0 aliphatic carbocycles. The van der Waals surface area contributed by atoms with E-state index in [-0.39, 0.29) is 5.54 Å². The summed E-state index contributed by atoms with van der Waals surface area (Å²) in [7, 11) is 0. The van der Waals surface area contributed by atoms with Gasteiger partial charge in [0.2, 0.25) is 0 Å². The van der Waals surface area contributed by atoms with E-state index >= 15 is 0 Å². The number of hydrogen-bond donors (Lipinski definition) is 0. The Hall–Kier alpha value is -0.120. The van der Waals surface area contributed by atoms with Gasteiger partial charge in [0, 0.05) is 0 Å². The number of hydrogen-bond acceptors (Lipinski definition) is 2. The molecule has 1 atom stereocenters. The molecule has 0 N–H and O–H groups in total. The second kappa shape index (κ2) is 2.98. The zero-order valence-corrected chi connectivity index (χ0v) is 8.39. The van der Waals surface area contributed by atoms with E-state index in [1.54, 1.807) is 0 Å². The Morgan fingerprint density at radius 1 is 1.42 bits per heavy atom. The molecule has 1 radical (unpaired) electrons. The van der Waals surface area contributed by atoms with E-state index < -0.39 is 5.72 Å². The van der Waals surface area contributed by atoms with Gasteiger partial charge in [0.1, 0.15) is 5.72 Å². The number of ether oxygens (including phenoxy) is 1. The Labute approximate surface area is 74.3 Å². The van der Waals surface area contributed by atoms with Crippen LogP contribution in [0.25, 0.3) is 0 Å². The normalized spacial score (nSPS) is 35.8. The van der Waals surface area contributed by atoms with Crippen LogP contribution < -0.4 is 0 Å².